The van der Waals surface area contributed by atoms with Gasteiger partial charge in [-0.1, -0.05) is 13.8 Å². The topological polar surface area (TPSA) is 85.6 Å². The predicted octanol–water partition coefficient (Wildman–Crippen LogP) is 1.04. The molecule has 0 N–H and O–H groups in total. The largest absolute Gasteiger partial charge is 0.463 e. The number of ether oxygens (including phenoxy) is 3. The van der Waals surface area contributed by atoms with Crippen molar-refractivity contribution in [2.24, 2.45) is 11.8 Å². The lowest BCUT2D eigenvalue weighted by atomic mass is 9.81. The Morgan fingerprint density at radius 1 is 1.21 bits per heavy atom. The van der Waals surface area contributed by atoms with E-state index in [9.17, 15) is 9.59 Å². The van der Waals surface area contributed by atoms with Gasteiger partial charge in [0.25, 0.3) is 0 Å². The molecule has 5 unspecified atom stereocenters. The Morgan fingerprint density at radius 3 is 2.32 bits per heavy atom. The average Bonchev–Trinajstić information content (AvgIpc) is 2.33. The van der Waals surface area contributed by atoms with Crippen LogP contribution in [0.25, 0.3) is 0 Å². The van der Waals surface area contributed by atoms with E-state index in [1.54, 1.807) is 0 Å². The number of nitriles is 1. The first-order chi connectivity index (χ1) is 8.86. The molecular formula is C13H19NO5. The van der Waals surface area contributed by atoms with Crippen LogP contribution in [0.1, 0.15) is 27.7 Å². The molecule has 0 saturated carbocycles. The molecule has 1 fully saturated rings. The second kappa shape index (κ2) is 6.53. The molecule has 0 amide bonds. The van der Waals surface area contributed by atoms with Crippen LogP contribution in [0.2, 0.25) is 0 Å². The molecule has 1 heterocycles. The monoisotopic (exact) mass is 269 g/mol. The number of hydrogen-bond donors (Lipinski definition) is 0. The number of hydrogen-bond acceptors (Lipinski definition) is 6. The second-order valence-corrected chi connectivity index (χ2v) is 4.82. The van der Waals surface area contributed by atoms with Crippen molar-refractivity contribution in [2.45, 2.75) is 46.0 Å². The van der Waals surface area contributed by atoms with Crippen molar-refractivity contribution in [3.63, 3.8) is 0 Å². The van der Waals surface area contributed by atoms with E-state index >= 15 is 0 Å². The van der Waals surface area contributed by atoms with Crippen LogP contribution in [-0.2, 0) is 23.8 Å². The minimum atomic E-state index is -0.837. The van der Waals surface area contributed by atoms with Gasteiger partial charge < -0.3 is 14.2 Å². The highest BCUT2D eigenvalue weighted by molar-refractivity contribution is 5.66. The summed E-state index contributed by atoms with van der Waals surface area (Å²) in [6, 6.07) is 1.99. The first kappa shape index (κ1) is 15.4. The Labute approximate surface area is 112 Å². The van der Waals surface area contributed by atoms with Crippen molar-refractivity contribution in [1.82, 2.24) is 0 Å². The van der Waals surface area contributed by atoms with E-state index in [0.29, 0.717) is 0 Å². The van der Waals surface area contributed by atoms with Gasteiger partial charge in [0.15, 0.2) is 6.10 Å². The summed E-state index contributed by atoms with van der Waals surface area (Å²) in [4.78, 5) is 21.9. The molecule has 1 rings (SSSR count). The van der Waals surface area contributed by atoms with Crippen LogP contribution in [0.15, 0.2) is 0 Å². The van der Waals surface area contributed by atoms with Crippen molar-refractivity contribution in [3.05, 3.63) is 0 Å². The van der Waals surface area contributed by atoms with Gasteiger partial charge in [0, 0.05) is 19.8 Å². The molecule has 106 valence electrons. The lowest BCUT2D eigenvalue weighted by molar-refractivity contribution is -0.191. The highest BCUT2D eigenvalue weighted by Crippen LogP contribution is 2.32. The van der Waals surface area contributed by atoms with E-state index < -0.39 is 18.2 Å². The first-order valence-corrected chi connectivity index (χ1v) is 6.22. The Bertz CT molecular complexity index is 387. The zero-order valence-corrected chi connectivity index (χ0v) is 11.6. The summed E-state index contributed by atoms with van der Waals surface area (Å²) in [6.07, 6.45) is -1.79. The lowest BCUT2D eigenvalue weighted by Gasteiger charge is -2.41. The van der Waals surface area contributed by atoms with Gasteiger partial charge in [0.1, 0.15) is 12.7 Å². The van der Waals surface area contributed by atoms with Crippen molar-refractivity contribution < 1.29 is 23.8 Å². The molecule has 19 heavy (non-hydrogen) atoms. The van der Waals surface area contributed by atoms with Crippen molar-refractivity contribution in [2.75, 3.05) is 6.61 Å². The summed E-state index contributed by atoms with van der Waals surface area (Å²) in [7, 11) is 0. The van der Waals surface area contributed by atoms with E-state index in [-0.39, 0.29) is 30.5 Å². The fourth-order valence-electron chi connectivity index (χ4n) is 2.16. The third-order valence-electron chi connectivity index (χ3n) is 3.43. The minimum absolute atomic E-state index is 0.00769. The highest BCUT2D eigenvalue weighted by atomic mass is 16.6. The Morgan fingerprint density at radius 2 is 1.84 bits per heavy atom. The standard InChI is InChI=1S/C13H19NO5/c1-7-8(2)13(18-10(4)16)11(5-14)19-12(7)6-17-9(3)15/h7-8,11-13H,6H2,1-4H3. The summed E-state index contributed by atoms with van der Waals surface area (Å²) in [5.74, 6) is -0.874. The number of rotatable bonds is 3. The van der Waals surface area contributed by atoms with E-state index in [2.05, 4.69) is 0 Å². The van der Waals surface area contributed by atoms with Gasteiger partial charge in [-0.2, -0.15) is 5.26 Å². The first-order valence-electron chi connectivity index (χ1n) is 6.22. The molecule has 0 spiro atoms. The Kier molecular flexibility index (Phi) is 5.31. The predicted molar refractivity (Wildman–Crippen MR) is 64.8 cm³/mol. The smallest absolute Gasteiger partial charge is 0.303 e. The van der Waals surface area contributed by atoms with Gasteiger partial charge >= 0.3 is 11.9 Å². The summed E-state index contributed by atoms with van der Waals surface area (Å²) < 4.78 is 15.7. The van der Waals surface area contributed by atoms with Gasteiger partial charge in [-0.25, -0.2) is 0 Å². The molecule has 6 nitrogen and oxygen atoms in total. The Hall–Kier alpha value is -1.61. The van der Waals surface area contributed by atoms with E-state index in [1.807, 2.05) is 19.9 Å². The average molecular weight is 269 g/mol. The number of carbonyl (C=O) groups excluding carboxylic acids is 2. The van der Waals surface area contributed by atoms with E-state index in [4.69, 9.17) is 19.5 Å². The fourth-order valence-corrected chi connectivity index (χ4v) is 2.16. The normalized spacial score (nSPS) is 34.2. The SMILES string of the molecule is CC(=O)OCC1OC(C#N)C(OC(C)=O)C(C)C1C. The maximum Gasteiger partial charge on any atom is 0.303 e. The van der Waals surface area contributed by atoms with Crippen LogP contribution in [0.4, 0.5) is 0 Å². The molecule has 6 heteroatoms. The molecule has 0 bridgehead atoms. The van der Waals surface area contributed by atoms with Crippen molar-refractivity contribution in [1.29, 1.82) is 5.26 Å². The van der Waals surface area contributed by atoms with Crippen molar-refractivity contribution >= 4 is 11.9 Å². The third kappa shape index (κ3) is 3.93. The van der Waals surface area contributed by atoms with Gasteiger partial charge in [-0.3, -0.25) is 9.59 Å². The zero-order chi connectivity index (χ0) is 14.6. The molecular weight excluding hydrogens is 250 g/mol. The van der Waals surface area contributed by atoms with Crippen LogP contribution >= 0.6 is 0 Å². The third-order valence-corrected chi connectivity index (χ3v) is 3.43. The van der Waals surface area contributed by atoms with Crippen LogP contribution in [0.3, 0.4) is 0 Å². The van der Waals surface area contributed by atoms with E-state index in [1.165, 1.54) is 13.8 Å². The van der Waals surface area contributed by atoms with Crippen LogP contribution in [0.5, 0.6) is 0 Å². The maximum atomic E-state index is 11.1. The second-order valence-electron chi connectivity index (χ2n) is 4.82. The molecule has 0 aliphatic carbocycles. The van der Waals surface area contributed by atoms with Crippen molar-refractivity contribution in [3.8, 4) is 6.07 Å². The minimum Gasteiger partial charge on any atom is -0.463 e. The summed E-state index contributed by atoms with van der Waals surface area (Å²) >= 11 is 0. The van der Waals surface area contributed by atoms with Crippen LogP contribution in [0, 0.1) is 23.2 Å². The van der Waals surface area contributed by atoms with Gasteiger partial charge in [-0.05, 0) is 5.92 Å². The Balaban J connectivity index is 2.76. The fraction of sp³-hybridized carbons (Fsp3) is 0.769. The van der Waals surface area contributed by atoms with E-state index in [0.717, 1.165) is 0 Å². The molecule has 1 aliphatic rings. The highest BCUT2D eigenvalue weighted by Gasteiger charge is 2.43. The lowest BCUT2D eigenvalue weighted by Crippen LogP contribution is -2.51. The summed E-state index contributed by atoms with van der Waals surface area (Å²) in [5, 5.41) is 9.10. The maximum absolute atomic E-state index is 11.1. The molecule has 0 aromatic rings. The number of esters is 2. The van der Waals surface area contributed by atoms with Gasteiger partial charge in [0.2, 0.25) is 0 Å². The number of nitrogens with zero attached hydrogens (tertiary/aromatic N) is 1. The van der Waals surface area contributed by atoms with Gasteiger partial charge in [-0.15, -0.1) is 0 Å². The molecule has 0 aromatic heterocycles. The molecule has 5 atom stereocenters. The molecule has 1 saturated heterocycles. The van der Waals surface area contributed by atoms with Gasteiger partial charge in [0.05, 0.1) is 12.2 Å². The molecule has 0 radical (unpaired) electrons. The zero-order valence-electron chi connectivity index (χ0n) is 11.6. The summed E-state index contributed by atoms with van der Waals surface area (Å²) in [5.41, 5.74) is 0. The molecule has 0 aromatic carbocycles. The quantitative estimate of drug-likeness (QED) is 0.712. The summed E-state index contributed by atoms with van der Waals surface area (Å²) in [6.45, 7) is 6.54. The van der Waals surface area contributed by atoms with Crippen LogP contribution in [-0.4, -0.2) is 36.9 Å². The van der Waals surface area contributed by atoms with Crippen LogP contribution < -0.4 is 0 Å². The number of carbonyl (C=O) groups is 2. The molecule has 1 aliphatic heterocycles.